The summed E-state index contributed by atoms with van der Waals surface area (Å²) in [5, 5.41) is 4.12. The van der Waals surface area contributed by atoms with Crippen LogP contribution in [0.1, 0.15) is 5.56 Å². The van der Waals surface area contributed by atoms with Gasteiger partial charge in [0.15, 0.2) is 5.82 Å². The molecule has 13 heavy (non-hydrogen) atoms. The van der Waals surface area contributed by atoms with Crippen LogP contribution in [-0.4, -0.2) is 14.8 Å². The second-order valence-corrected chi connectivity index (χ2v) is 3.71. The smallest absolute Gasteiger partial charge is 0.153 e. The first-order valence-corrected chi connectivity index (χ1v) is 4.68. The van der Waals surface area contributed by atoms with Gasteiger partial charge in [0, 0.05) is 12.4 Å². The van der Waals surface area contributed by atoms with Gasteiger partial charge in [-0.3, -0.25) is 0 Å². The van der Waals surface area contributed by atoms with Crippen LogP contribution in [0.2, 0.25) is 0 Å². The lowest BCUT2D eigenvalue weighted by molar-refractivity contribution is 0.845. The zero-order valence-corrected chi connectivity index (χ0v) is 8.69. The fourth-order valence-corrected chi connectivity index (χ4v) is 1.31. The van der Waals surface area contributed by atoms with Gasteiger partial charge in [0.1, 0.15) is 0 Å². The van der Waals surface area contributed by atoms with Gasteiger partial charge in [0.05, 0.1) is 10.7 Å². The lowest BCUT2D eigenvalue weighted by Crippen LogP contribution is -1.96. The van der Waals surface area contributed by atoms with Gasteiger partial charge < -0.3 is 0 Å². The topological polar surface area (TPSA) is 30.7 Å². The van der Waals surface area contributed by atoms with Crippen LogP contribution in [0.5, 0.6) is 0 Å². The third-order valence-corrected chi connectivity index (χ3v) is 2.09. The molecule has 2 aromatic heterocycles. The van der Waals surface area contributed by atoms with E-state index in [1.165, 1.54) is 0 Å². The number of halogens is 1. The van der Waals surface area contributed by atoms with Crippen LogP contribution in [0.15, 0.2) is 35.2 Å². The lowest BCUT2D eigenvalue weighted by atomic mass is 10.3. The highest BCUT2D eigenvalue weighted by atomic mass is 79.9. The maximum atomic E-state index is 4.24. The molecule has 2 heterocycles. The average molecular weight is 238 g/mol. The first-order valence-electron chi connectivity index (χ1n) is 3.89. The van der Waals surface area contributed by atoms with Crippen molar-refractivity contribution in [1.29, 1.82) is 0 Å². The molecule has 0 unspecified atom stereocenters. The van der Waals surface area contributed by atoms with Crippen molar-refractivity contribution in [1.82, 2.24) is 14.8 Å². The Morgan fingerprint density at radius 1 is 1.31 bits per heavy atom. The quantitative estimate of drug-likeness (QED) is 0.763. The van der Waals surface area contributed by atoms with Gasteiger partial charge in [-0.1, -0.05) is 6.07 Å². The summed E-state index contributed by atoms with van der Waals surface area (Å²) >= 11 is 3.33. The Labute approximate surface area is 84.5 Å². The van der Waals surface area contributed by atoms with Crippen molar-refractivity contribution in [2.24, 2.45) is 0 Å². The number of rotatable bonds is 1. The van der Waals surface area contributed by atoms with Gasteiger partial charge in [-0.05, 0) is 34.5 Å². The van der Waals surface area contributed by atoms with E-state index < -0.39 is 0 Å². The van der Waals surface area contributed by atoms with Crippen molar-refractivity contribution >= 4 is 15.9 Å². The van der Waals surface area contributed by atoms with Crippen LogP contribution < -0.4 is 0 Å². The Morgan fingerprint density at radius 3 is 2.69 bits per heavy atom. The number of hydrogen-bond acceptors (Lipinski definition) is 2. The number of pyridine rings is 1. The molecule has 0 saturated carbocycles. The molecule has 0 atom stereocenters. The van der Waals surface area contributed by atoms with E-state index in [2.05, 4.69) is 26.0 Å². The molecular weight excluding hydrogens is 230 g/mol. The SMILES string of the molecule is Cc1ccc(-n2cc(Br)cn2)nc1. The predicted molar refractivity (Wildman–Crippen MR) is 53.8 cm³/mol. The summed E-state index contributed by atoms with van der Waals surface area (Å²) in [6.45, 7) is 2.01. The summed E-state index contributed by atoms with van der Waals surface area (Å²) in [6.07, 6.45) is 5.43. The van der Waals surface area contributed by atoms with Crippen molar-refractivity contribution in [2.75, 3.05) is 0 Å². The molecule has 0 saturated heterocycles. The average Bonchev–Trinajstić information content (AvgIpc) is 2.53. The summed E-state index contributed by atoms with van der Waals surface area (Å²) in [4.78, 5) is 4.24. The van der Waals surface area contributed by atoms with E-state index in [-0.39, 0.29) is 0 Å². The molecule has 0 aliphatic heterocycles. The maximum Gasteiger partial charge on any atom is 0.153 e. The van der Waals surface area contributed by atoms with Crippen LogP contribution in [0.25, 0.3) is 5.82 Å². The lowest BCUT2D eigenvalue weighted by Gasteiger charge is -1.98. The second kappa shape index (κ2) is 3.30. The highest BCUT2D eigenvalue weighted by Gasteiger charge is 1.98. The summed E-state index contributed by atoms with van der Waals surface area (Å²) in [6, 6.07) is 3.95. The molecule has 0 aliphatic rings. The van der Waals surface area contributed by atoms with Gasteiger partial charge in [0.2, 0.25) is 0 Å². The van der Waals surface area contributed by atoms with Gasteiger partial charge in [-0.15, -0.1) is 0 Å². The fourth-order valence-electron chi connectivity index (χ4n) is 1.02. The highest BCUT2D eigenvalue weighted by Crippen LogP contribution is 2.10. The van der Waals surface area contributed by atoms with Gasteiger partial charge in [-0.25, -0.2) is 9.67 Å². The molecule has 0 spiro atoms. The first-order chi connectivity index (χ1) is 6.25. The molecule has 3 nitrogen and oxygen atoms in total. The number of nitrogens with zero attached hydrogens (tertiary/aromatic N) is 3. The summed E-state index contributed by atoms with van der Waals surface area (Å²) in [5.41, 5.74) is 1.15. The van der Waals surface area contributed by atoms with Crippen molar-refractivity contribution < 1.29 is 0 Å². The molecule has 0 aromatic carbocycles. The molecule has 0 bridgehead atoms. The van der Waals surface area contributed by atoms with Crippen molar-refractivity contribution in [3.8, 4) is 5.82 Å². The van der Waals surface area contributed by atoms with Crippen molar-refractivity contribution in [3.05, 3.63) is 40.8 Å². The van der Waals surface area contributed by atoms with Crippen LogP contribution in [0.4, 0.5) is 0 Å². The van der Waals surface area contributed by atoms with Gasteiger partial charge >= 0.3 is 0 Å². The monoisotopic (exact) mass is 237 g/mol. The van der Waals surface area contributed by atoms with Crippen LogP contribution in [-0.2, 0) is 0 Å². The zero-order chi connectivity index (χ0) is 9.26. The minimum Gasteiger partial charge on any atom is -0.237 e. The van der Waals surface area contributed by atoms with Gasteiger partial charge in [0.25, 0.3) is 0 Å². The summed E-state index contributed by atoms with van der Waals surface area (Å²) < 4.78 is 2.68. The van der Waals surface area contributed by atoms with E-state index in [9.17, 15) is 0 Å². The zero-order valence-electron chi connectivity index (χ0n) is 7.11. The number of aromatic nitrogens is 3. The van der Waals surface area contributed by atoms with E-state index in [4.69, 9.17) is 0 Å². The molecule has 0 N–H and O–H groups in total. The molecule has 4 heteroatoms. The van der Waals surface area contributed by atoms with E-state index in [0.717, 1.165) is 15.9 Å². The Balaban J connectivity index is 2.41. The van der Waals surface area contributed by atoms with Crippen LogP contribution in [0.3, 0.4) is 0 Å². The molecule has 2 rings (SSSR count). The molecule has 0 aliphatic carbocycles. The summed E-state index contributed by atoms with van der Waals surface area (Å²) in [7, 11) is 0. The van der Waals surface area contributed by atoms with E-state index >= 15 is 0 Å². The highest BCUT2D eigenvalue weighted by molar-refractivity contribution is 9.10. The summed E-state index contributed by atoms with van der Waals surface area (Å²) in [5.74, 6) is 0.830. The molecular formula is C9H8BrN3. The molecule has 2 aromatic rings. The third kappa shape index (κ3) is 1.78. The van der Waals surface area contributed by atoms with Crippen LogP contribution >= 0.6 is 15.9 Å². The van der Waals surface area contributed by atoms with Crippen molar-refractivity contribution in [2.45, 2.75) is 6.92 Å². The Kier molecular flexibility index (Phi) is 2.14. The minimum atomic E-state index is 0.830. The molecule has 0 radical (unpaired) electrons. The molecule has 0 amide bonds. The third-order valence-electron chi connectivity index (χ3n) is 1.68. The van der Waals surface area contributed by atoms with Crippen molar-refractivity contribution in [3.63, 3.8) is 0 Å². The number of hydrogen-bond donors (Lipinski definition) is 0. The largest absolute Gasteiger partial charge is 0.237 e. The Bertz CT molecular complexity index is 405. The first kappa shape index (κ1) is 8.44. The predicted octanol–water partition coefficient (Wildman–Crippen LogP) is 2.34. The second-order valence-electron chi connectivity index (χ2n) is 2.80. The normalized spacial score (nSPS) is 10.3. The fraction of sp³-hybridized carbons (Fsp3) is 0.111. The molecule has 66 valence electrons. The van der Waals surface area contributed by atoms with Crippen LogP contribution in [0, 0.1) is 6.92 Å². The van der Waals surface area contributed by atoms with E-state index in [1.54, 1.807) is 10.9 Å². The Morgan fingerprint density at radius 2 is 2.15 bits per heavy atom. The standard InChI is InChI=1S/C9H8BrN3/c1-7-2-3-9(11-4-7)13-6-8(10)5-12-13/h2-6H,1H3. The Hall–Kier alpha value is -1.16. The number of aryl methyl sites for hydroxylation is 1. The van der Waals surface area contributed by atoms with Gasteiger partial charge in [-0.2, -0.15) is 5.10 Å². The minimum absolute atomic E-state index is 0.830. The molecule has 0 fully saturated rings. The van der Waals surface area contributed by atoms with E-state index in [1.807, 2.05) is 31.5 Å². The maximum absolute atomic E-state index is 4.24. The van der Waals surface area contributed by atoms with E-state index in [0.29, 0.717) is 0 Å².